The van der Waals surface area contributed by atoms with Gasteiger partial charge in [-0.15, -0.1) is 0 Å². The Balaban J connectivity index is 1.64. The van der Waals surface area contributed by atoms with Crippen molar-refractivity contribution >= 4 is 37.1 Å². The molecule has 0 heterocycles. The lowest BCUT2D eigenvalue weighted by atomic mass is 9.94. The van der Waals surface area contributed by atoms with E-state index in [-0.39, 0.29) is 5.16 Å². The van der Waals surface area contributed by atoms with Crippen LogP contribution in [0.15, 0.2) is 97.1 Å². The summed E-state index contributed by atoms with van der Waals surface area (Å²) in [5.41, 5.74) is 6.13. The van der Waals surface area contributed by atoms with Gasteiger partial charge in [-0.2, -0.15) is 0 Å². The molecular weight excluding hydrogens is 494 g/mol. The molecule has 4 aromatic rings. The lowest BCUT2D eigenvalue weighted by Gasteiger charge is -2.45. The van der Waals surface area contributed by atoms with E-state index < -0.39 is 15.8 Å². The summed E-state index contributed by atoms with van der Waals surface area (Å²) in [6.07, 6.45) is 3.96. The quantitative estimate of drug-likeness (QED) is 0.208. The van der Waals surface area contributed by atoms with Crippen LogP contribution in [0.4, 0.5) is 0 Å². The Morgan fingerprint density at radius 3 is 1.47 bits per heavy atom. The van der Waals surface area contributed by atoms with Gasteiger partial charge >= 0.3 is 0 Å². The third kappa shape index (κ3) is 5.55. The SMILES string of the molecule is Cc1cc(C)cc(P(c2cc(C)cc(C)c2)[C@H](C)C2CCCC2(C)P(c2ccccc2)c2ccccc2)c1. The molecule has 5 rings (SSSR count). The van der Waals surface area contributed by atoms with Crippen molar-refractivity contribution in [2.45, 2.75) is 71.6 Å². The predicted octanol–water partition coefficient (Wildman–Crippen LogP) is 8.43. The van der Waals surface area contributed by atoms with E-state index >= 15 is 0 Å². The van der Waals surface area contributed by atoms with Gasteiger partial charge in [0, 0.05) is 0 Å². The number of hydrogen-bond donors (Lipinski definition) is 0. The van der Waals surface area contributed by atoms with Gasteiger partial charge in [0.1, 0.15) is 0 Å². The zero-order valence-electron chi connectivity index (χ0n) is 23.9. The summed E-state index contributed by atoms with van der Waals surface area (Å²) in [6.45, 7) is 14.3. The van der Waals surface area contributed by atoms with Gasteiger partial charge in [-0.05, 0) is 94.3 Å². The van der Waals surface area contributed by atoms with E-state index in [0.717, 1.165) is 0 Å². The molecule has 1 aliphatic rings. The topological polar surface area (TPSA) is 0 Å². The molecule has 2 unspecified atom stereocenters. The molecule has 0 spiro atoms. The number of aryl methyl sites for hydroxylation is 4. The van der Waals surface area contributed by atoms with Gasteiger partial charge < -0.3 is 0 Å². The molecule has 1 saturated carbocycles. The Morgan fingerprint density at radius 2 is 1.05 bits per heavy atom. The van der Waals surface area contributed by atoms with Crippen molar-refractivity contribution in [3.8, 4) is 0 Å². The molecule has 0 bridgehead atoms. The first kappa shape index (κ1) is 27.3. The van der Waals surface area contributed by atoms with Crippen LogP contribution in [0, 0.1) is 33.6 Å². The van der Waals surface area contributed by atoms with Gasteiger partial charge in [-0.3, -0.25) is 0 Å². The largest absolute Gasteiger partial charge is 0.0622 e. The van der Waals surface area contributed by atoms with E-state index in [2.05, 4.69) is 139 Å². The van der Waals surface area contributed by atoms with Gasteiger partial charge in [0.25, 0.3) is 0 Å². The Bertz CT molecular complexity index is 1250. The Kier molecular flexibility index (Phi) is 8.24. The summed E-state index contributed by atoms with van der Waals surface area (Å²) in [4.78, 5) is 0. The second-order valence-electron chi connectivity index (χ2n) is 11.7. The maximum absolute atomic E-state index is 2.64. The molecule has 0 N–H and O–H groups in total. The second-order valence-corrected chi connectivity index (χ2v) is 17.0. The number of rotatable bonds is 7. The lowest BCUT2D eigenvalue weighted by molar-refractivity contribution is 0.449. The van der Waals surface area contributed by atoms with Gasteiger partial charge in [0.2, 0.25) is 0 Å². The predicted molar refractivity (Wildman–Crippen MR) is 172 cm³/mol. The molecule has 196 valence electrons. The van der Waals surface area contributed by atoms with Gasteiger partial charge in [0.15, 0.2) is 0 Å². The summed E-state index contributed by atoms with van der Waals surface area (Å²) < 4.78 is 0. The first-order chi connectivity index (χ1) is 18.3. The molecule has 38 heavy (non-hydrogen) atoms. The van der Waals surface area contributed by atoms with Crippen LogP contribution in [0.25, 0.3) is 0 Å². The molecule has 4 aromatic carbocycles. The molecule has 0 saturated heterocycles. The average Bonchev–Trinajstić information content (AvgIpc) is 3.26. The van der Waals surface area contributed by atoms with E-state index in [1.165, 1.54) is 52.1 Å². The summed E-state index contributed by atoms with van der Waals surface area (Å²) in [7, 11) is -0.981. The molecule has 0 nitrogen and oxygen atoms in total. The van der Waals surface area contributed by atoms with Crippen LogP contribution in [0.2, 0.25) is 0 Å². The minimum absolute atomic E-state index is 0.260. The van der Waals surface area contributed by atoms with Crippen molar-refractivity contribution in [2.75, 3.05) is 0 Å². The minimum atomic E-state index is -0.499. The van der Waals surface area contributed by atoms with E-state index in [1.54, 1.807) is 10.6 Å². The molecular formula is C36H42P2. The summed E-state index contributed by atoms with van der Waals surface area (Å²) in [6, 6.07) is 37.4. The molecule has 0 aromatic heterocycles. The monoisotopic (exact) mass is 536 g/mol. The third-order valence-corrected chi connectivity index (χ3v) is 14.5. The average molecular weight is 537 g/mol. The van der Waals surface area contributed by atoms with E-state index in [0.29, 0.717) is 11.6 Å². The molecule has 2 heteroatoms. The molecule has 0 aliphatic heterocycles. The first-order valence-electron chi connectivity index (χ1n) is 14.1. The number of benzene rings is 4. The summed E-state index contributed by atoms with van der Waals surface area (Å²) in [5, 5.41) is 6.41. The lowest BCUT2D eigenvalue weighted by Crippen LogP contribution is -2.41. The van der Waals surface area contributed by atoms with Crippen molar-refractivity contribution in [3.63, 3.8) is 0 Å². The van der Waals surface area contributed by atoms with Gasteiger partial charge in [0.05, 0.1) is 0 Å². The third-order valence-electron chi connectivity index (χ3n) is 8.50. The normalized spacial score (nSPS) is 20.3. The maximum atomic E-state index is 2.64. The fourth-order valence-corrected chi connectivity index (χ4v) is 14.1. The fraction of sp³-hybridized carbons (Fsp3) is 0.333. The van der Waals surface area contributed by atoms with E-state index in [4.69, 9.17) is 0 Å². The highest BCUT2D eigenvalue weighted by Crippen LogP contribution is 2.63. The Hall–Kier alpha value is -2.26. The Morgan fingerprint density at radius 1 is 0.632 bits per heavy atom. The van der Waals surface area contributed by atoms with Crippen LogP contribution >= 0.6 is 15.8 Å². The molecule has 1 fully saturated rings. The summed E-state index contributed by atoms with van der Waals surface area (Å²) >= 11 is 0. The van der Waals surface area contributed by atoms with Crippen molar-refractivity contribution in [3.05, 3.63) is 119 Å². The molecule has 1 aliphatic carbocycles. The van der Waals surface area contributed by atoms with Crippen molar-refractivity contribution < 1.29 is 0 Å². The van der Waals surface area contributed by atoms with Crippen molar-refractivity contribution in [1.82, 2.24) is 0 Å². The van der Waals surface area contributed by atoms with Crippen LogP contribution < -0.4 is 21.2 Å². The fourth-order valence-electron chi connectivity index (χ4n) is 7.09. The molecule has 0 amide bonds. The van der Waals surface area contributed by atoms with Crippen LogP contribution in [-0.4, -0.2) is 10.8 Å². The summed E-state index contributed by atoms with van der Waals surface area (Å²) in [5.74, 6) is 0.668. The van der Waals surface area contributed by atoms with Gasteiger partial charge in [-0.1, -0.05) is 140 Å². The van der Waals surface area contributed by atoms with Gasteiger partial charge in [-0.25, -0.2) is 0 Å². The van der Waals surface area contributed by atoms with Crippen LogP contribution in [0.5, 0.6) is 0 Å². The standard InChI is InChI=1S/C36H42P2/c1-26-20-27(2)23-33(22-26)37(34-24-28(3)21-29(4)25-34)30(5)35-18-13-19-36(35,6)38(31-14-9-7-10-15-31)32-16-11-8-12-17-32/h7-12,14-17,20-25,30,35H,13,18-19H2,1-6H3/t30-,35?,36?/m1/s1. The Labute approximate surface area is 233 Å². The van der Waals surface area contributed by atoms with Crippen molar-refractivity contribution in [2.24, 2.45) is 5.92 Å². The van der Waals surface area contributed by atoms with Crippen molar-refractivity contribution in [1.29, 1.82) is 0 Å². The zero-order chi connectivity index (χ0) is 26.9. The van der Waals surface area contributed by atoms with Crippen LogP contribution in [0.1, 0.15) is 55.4 Å². The number of hydrogen-bond acceptors (Lipinski definition) is 0. The minimum Gasteiger partial charge on any atom is -0.0622 e. The van der Waals surface area contributed by atoms with E-state index in [1.807, 2.05) is 0 Å². The van der Waals surface area contributed by atoms with Crippen LogP contribution in [-0.2, 0) is 0 Å². The maximum Gasteiger partial charge on any atom is -0.000826 e. The highest BCUT2D eigenvalue weighted by molar-refractivity contribution is 7.75. The smallest absolute Gasteiger partial charge is 0.000826 e. The molecule has 3 atom stereocenters. The highest BCUT2D eigenvalue weighted by atomic mass is 31.1. The second kappa shape index (κ2) is 11.5. The van der Waals surface area contributed by atoms with Crippen LogP contribution in [0.3, 0.4) is 0 Å². The first-order valence-corrected chi connectivity index (χ1v) is 16.9. The zero-order valence-corrected chi connectivity index (χ0v) is 25.7. The van der Waals surface area contributed by atoms with E-state index in [9.17, 15) is 0 Å². The highest BCUT2D eigenvalue weighted by Gasteiger charge is 2.49. The molecule has 0 radical (unpaired) electrons.